The Kier molecular flexibility index (Phi) is 9.80. The lowest BCUT2D eigenvalue weighted by atomic mass is 9.89. The quantitative estimate of drug-likeness (QED) is 0.188. The first-order valence-electron chi connectivity index (χ1n) is 11.1. The zero-order chi connectivity index (χ0) is 24.5. The van der Waals surface area contributed by atoms with Gasteiger partial charge in [0.25, 0.3) is 11.8 Å². The number of aliphatic hydroxyl groups excluding tert-OH is 1. The highest BCUT2D eigenvalue weighted by molar-refractivity contribution is 5.98. The Labute approximate surface area is 192 Å². The average Bonchev–Trinajstić information content (AvgIpc) is 3.55. The van der Waals surface area contributed by atoms with Gasteiger partial charge >= 0.3 is 0 Å². The Bertz CT molecular complexity index is 841. The number of hydrogen-bond acceptors (Lipinski definition) is 7. The van der Waals surface area contributed by atoms with Gasteiger partial charge in [0.1, 0.15) is 5.75 Å². The zero-order valence-corrected chi connectivity index (χ0v) is 19.0. The van der Waals surface area contributed by atoms with Crippen molar-refractivity contribution in [1.29, 1.82) is 0 Å². The minimum Gasteiger partial charge on any atom is -0.508 e. The van der Waals surface area contributed by atoms with E-state index in [9.17, 15) is 24.3 Å². The van der Waals surface area contributed by atoms with Gasteiger partial charge in [-0.2, -0.15) is 0 Å². The van der Waals surface area contributed by atoms with E-state index < -0.39 is 41.9 Å². The number of benzene rings is 1. The molecule has 33 heavy (non-hydrogen) atoms. The number of carbonyl (C=O) groups excluding carboxylic acids is 4. The van der Waals surface area contributed by atoms with Gasteiger partial charge in [-0.1, -0.05) is 26.0 Å². The number of epoxide rings is 1. The number of aliphatic hydroxyl groups is 1. The number of Topliss-reactive ketones (excluding diaryl/α,β-unsaturated/α-hetero) is 1. The van der Waals surface area contributed by atoms with Crippen LogP contribution in [0.25, 0.3) is 0 Å². The highest BCUT2D eigenvalue weighted by Gasteiger charge is 2.50. The van der Waals surface area contributed by atoms with Crippen molar-refractivity contribution in [2.45, 2.75) is 57.8 Å². The number of phenols is 1. The average molecular weight is 464 g/mol. The summed E-state index contributed by atoms with van der Waals surface area (Å²) in [7, 11) is 0. The van der Waals surface area contributed by atoms with E-state index in [-0.39, 0.29) is 43.4 Å². The molecule has 0 spiro atoms. The molecule has 1 saturated heterocycles. The molecule has 10 nitrogen and oxygen atoms in total. The minimum atomic E-state index is -0.981. The van der Waals surface area contributed by atoms with Gasteiger partial charge in [-0.15, -0.1) is 0 Å². The molecule has 0 bridgehead atoms. The fourth-order valence-electron chi connectivity index (χ4n) is 3.47. The van der Waals surface area contributed by atoms with Gasteiger partial charge in [0.05, 0.1) is 6.04 Å². The Morgan fingerprint density at radius 1 is 1.09 bits per heavy atom. The topological polar surface area (TPSA) is 171 Å². The summed E-state index contributed by atoms with van der Waals surface area (Å²) in [4.78, 5) is 49.5. The summed E-state index contributed by atoms with van der Waals surface area (Å²) in [6.45, 7) is 4.01. The lowest BCUT2D eigenvalue weighted by molar-refractivity contribution is -0.131. The molecule has 0 radical (unpaired) electrons. The Hall–Kier alpha value is -2.98. The third-order valence-corrected chi connectivity index (χ3v) is 5.32. The van der Waals surface area contributed by atoms with Gasteiger partial charge in [0.2, 0.25) is 5.91 Å². The number of phenolic OH excluding ortho intramolecular Hbond substituents is 1. The second-order valence-electron chi connectivity index (χ2n) is 8.68. The van der Waals surface area contributed by atoms with E-state index in [1.807, 2.05) is 13.8 Å². The number of aromatic hydroxyl groups is 1. The minimum absolute atomic E-state index is 0.0618. The van der Waals surface area contributed by atoms with Crippen molar-refractivity contribution in [1.82, 2.24) is 10.6 Å². The van der Waals surface area contributed by atoms with E-state index in [1.54, 1.807) is 12.1 Å². The highest BCUT2D eigenvalue weighted by Crippen LogP contribution is 2.24. The molecule has 0 saturated carbocycles. The molecule has 2 unspecified atom stereocenters. The first kappa shape index (κ1) is 26.3. The number of amides is 3. The number of carbonyl (C=O) groups is 4. The third kappa shape index (κ3) is 8.47. The fourth-order valence-corrected chi connectivity index (χ4v) is 3.47. The van der Waals surface area contributed by atoms with Gasteiger partial charge in [-0.3, -0.25) is 19.2 Å². The van der Waals surface area contributed by atoms with Crippen molar-refractivity contribution >= 4 is 23.5 Å². The van der Waals surface area contributed by atoms with E-state index >= 15 is 0 Å². The highest BCUT2D eigenvalue weighted by atomic mass is 16.6. The summed E-state index contributed by atoms with van der Waals surface area (Å²) in [5.74, 6) is -2.56. The summed E-state index contributed by atoms with van der Waals surface area (Å²) < 4.78 is 5.17. The molecule has 1 aliphatic heterocycles. The maximum atomic E-state index is 13.0. The van der Waals surface area contributed by atoms with Crippen LogP contribution in [0, 0.1) is 11.8 Å². The van der Waals surface area contributed by atoms with Gasteiger partial charge < -0.3 is 31.3 Å². The van der Waals surface area contributed by atoms with Crippen molar-refractivity contribution in [3.05, 3.63) is 29.8 Å². The lowest BCUT2D eigenvalue weighted by Crippen LogP contribution is -2.46. The van der Waals surface area contributed by atoms with Gasteiger partial charge in [-0.05, 0) is 42.9 Å². The molecule has 0 aliphatic carbocycles. The second-order valence-corrected chi connectivity index (χ2v) is 8.68. The van der Waals surface area contributed by atoms with Crippen LogP contribution in [-0.4, -0.2) is 65.1 Å². The molecule has 1 aliphatic rings. The smallest absolute Gasteiger partial charge is 0.253 e. The first-order valence-corrected chi connectivity index (χ1v) is 11.1. The summed E-state index contributed by atoms with van der Waals surface area (Å²) in [6, 6.07) is 5.44. The zero-order valence-electron chi connectivity index (χ0n) is 19.0. The van der Waals surface area contributed by atoms with Crippen LogP contribution in [0.3, 0.4) is 0 Å². The Morgan fingerprint density at radius 2 is 1.73 bits per heavy atom. The predicted octanol–water partition coefficient (Wildman–Crippen LogP) is -0.208. The number of nitrogens with two attached hydrogens (primary N) is 1. The van der Waals surface area contributed by atoms with Gasteiger partial charge in [0, 0.05) is 25.5 Å². The van der Waals surface area contributed by atoms with Crippen molar-refractivity contribution < 1.29 is 34.1 Å². The summed E-state index contributed by atoms with van der Waals surface area (Å²) in [6.07, 6.45) is -1.08. The number of hydrogen-bond donors (Lipinski definition) is 5. The largest absolute Gasteiger partial charge is 0.508 e. The van der Waals surface area contributed by atoms with Crippen LogP contribution in [0.5, 0.6) is 5.75 Å². The molecule has 6 N–H and O–H groups in total. The van der Waals surface area contributed by atoms with Crippen LogP contribution in [0.2, 0.25) is 0 Å². The molecule has 4 atom stereocenters. The molecule has 3 amide bonds. The van der Waals surface area contributed by atoms with Crippen LogP contribution in [0.15, 0.2) is 24.3 Å². The Balaban J connectivity index is 1.97. The molecule has 0 aromatic heterocycles. The maximum Gasteiger partial charge on any atom is 0.253 e. The van der Waals surface area contributed by atoms with E-state index in [2.05, 4.69) is 10.6 Å². The summed E-state index contributed by atoms with van der Waals surface area (Å²) in [5, 5.41) is 23.4. The molecule has 2 rings (SSSR count). The van der Waals surface area contributed by atoms with Crippen LogP contribution in [-0.2, 0) is 30.3 Å². The van der Waals surface area contributed by atoms with E-state index in [0.29, 0.717) is 12.8 Å². The molecule has 1 aromatic rings. The Morgan fingerprint density at radius 3 is 2.30 bits per heavy atom. The van der Waals surface area contributed by atoms with Crippen molar-refractivity contribution in [3.8, 4) is 5.75 Å². The van der Waals surface area contributed by atoms with Gasteiger partial charge in [0.15, 0.2) is 18.0 Å². The van der Waals surface area contributed by atoms with Crippen LogP contribution >= 0.6 is 0 Å². The van der Waals surface area contributed by atoms with Crippen LogP contribution in [0.1, 0.15) is 38.7 Å². The monoisotopic (exact) mass is 463 g/mol. The van der Waals surface area contributed by atoms with E-state index in [0.717, 1.165) is 5.56 Å². The van der Waals surface area contributed by atoms with E-state index in [4.69, 9.17) is 15.6 Å². The van der Waals surface area contributed by atoms with Crippen molar-refractivity contribution in [2.24, 2.45) is 17.6 Å². The molecular formula is C23H33N3O7. The first-order chi connectivity index (χ1) is 15.6. The van der Waals surface area contributed by atoms with Crippen molar-refractivity contribution in [3.63, 3.8) is 0 Å². The van der Waals surface area contributed by atoms with Crippen molar-refractivity contribution in [2.75, 3.05) is 13.2 Å². The van der Waals surface area contributed by atoms with Crippen LogP contribution in [0.4, 0.5) is 0 Å². The molecule has 1 heterocycles. The van der Waals surface area contributed by atoms with Gasteiger partial charge in [-0.25, -0.2) is 0 Å². The number of rotatable bonds is 14. The number of primary amides is 1. The van der Waals surface area contributed by atoms with Crippen LogP contribution < -0.4 is 16.4 Å². The summed E-state index contributed by atoms with van der Waals surface area (Å²) >= 11 is 0. The summed E-state index contributed by atoms with van der Waals surface area (Å²) in [5.41, 5.74) is 6.26. The molecule has 182 valence electrons. The second kappa shape index (κ2) is 12.3. The number of ether oxygens (including phenoxy) is 1. The number of ketones is 1. The third-order valence-electron chi connectivity index (χ3n) is 5.32. The lowest BCUT2D eigenvalue weighted by Gasteiger charge is -2.21. The molecule has 10 heteroatoms. The normalized spacial score (nSPS) is 18.9. The molecule has 1 fully saturated rings. The maximum absolute atomic E-state index is 13.0. The SMILES string of the molecule is CC(C)C[C@H](NC(=O)C1OC1C(=O)NCCCO)C(=O)C[C@@H](Cc1ccc(O)cc1)C(N)=O. The standard InChI is InChI=1S/C23H33N3O7/c1-13(2)10-17(26-23(32)20-19(33-20)22(31)25-8-3-9-27)18(29)12-15(21(24)30)11-14-4-6-16(28)7-5-14/h4-7,13,15,17,19-20,27-28H,3,8-12H2,1-2H3,(H2,24,30)(H,25,31)(H,26,32)/t15-,17+,19?,20?/m1/s1. The molecular weight excluding hydrogens is 430 g/mol. The van der Waals surface area contributed by atoms with E-state index in [1.165, 1.54) is 12.1 Å². The molecule has 1 aromatic carbocycles. The fraction of sp³-hybridized carbons (Fsp3) is 0.565. The number of nitrogens with one attached hydrogen (secondary N) is 2. The predicted molar refractivity (Wildman–Crippen MR) is 119 cm³/mol.